The summed E-state index contributed by atoms with van der Waals surface area (Å²) in [5.74, 6) is -9.86. The van der Waals surface area contributed by atoms with E-state index in [9.17, 15) is 44.0 Å². The molecule has 3 aliphatic carbocycles. The van der Waals surface area contributed by atoms with Gasteiger partial charge >= 0.3 is 0 Å². The lowest BCUT2D eigenvalue weighted by molar-refractivity contribution is -0.148. The van der Waals surface area contributed by atoms with Gasteiger partial charge in [-0.2, -0.15) is 0 Å². The first-order valence-electron chi connectivity index (χ1n) is 12.5. The van der Waals surface area contributed by atoms with Crippen molar-refractivity contribution in [3.8, 4) is 5.75 Å². The molecule has 0 aromatic heterocycles. The van der Waals surface area contributed by atoms with Crippen molar-refractivity contribution in [2.45, 2.75) is 37.8 Å². The van der Waals surface area contributed by atoms with Gasteiger partial charge in [0, 0.05) is 11.5 Å². The van der Waals surface area contributed by atoms with Crippen LogP contribution in [0, 0.1) is 17.7 Å². The zero-order valence-electron chi connectivity index (χ0n) is 21.7. The fourth-order valence-electron chi connectivity index (χ4n) is 5.95. The number of nitrogens with two attached hydrogens (primary N) is 1. The number of carbonyl (C=O) groups is 4. The maximum absolute atomic E-state index is 15.0. The lowest BCUT2D eigenvalue weighted by Crippen LogP contribution is -2.63. The van der Waals surface area contributed by atoms with E-state index in [0.29, 0.717) is 6.54 Å². The summed E-state index contributed by atoms with van der Waals surface area (Å²) in [4.78, 5) is 52.7. The van der Waals surface area contributed by atoms with E-state index in [1.807, 2.05) is 6.92 Å². The van der Waals surface area contributed by atoms with Crippen LogP contribution in [0.5, 0.6) is 5.75 Å². The highest BCUT2D eigenvalue weighted by Crippen LogP contribution is 2.52. The van der Waals surface area contributed by atoms with Gasteiger partial charge in [-0.25, -0.2) is 4.39 Å². The third-order valence-corrected chi connectivity index (χ3v) is 7.64. The van der Waals surface area contributed by atoms with Gasteiger partial charge in [-0.1, -0.05) is 6.92 Å². The van der Waals surface area contributed by atoms with Crippen molar-refractivity contribution in [3.63, 3.8) is 0 Å². The van der Waals surface area contributed by atoms with Crippen LogP contribution in [0.25, 0.3) is 0 Å². The zero-order chi connectivity index (χ0) is 29.0. The standard InChI is InChI=1S/C26H31FN4O8/c1-4-5-29-9-14(32)30-18-13(27)8-11-6-10-7-12-19(31(2)3)22(35)17(25(28)38)24(37)26(12,39)23(36)16(10)20(33)15(11)21(18)34/h8,10,12,19,29,34-36,39H,4-7,9H2,1-3H3,(H2,28,38)(H,30,32)/t10?,12?,19-,26-/m0/s1. The number of fused-ring (bicyclic) bond motifs is 3. The number of Topliss-reactive ketones (excluding diaryl/α,β-unsaturated/α-hetero) is 2. The van der Waals surface area contributed by atoms with E-state index in [1.165, 1.54) is 19.0 Å². The number of phenols is 1. The molecule has 0 saturated carbocycles. The summed E-state index contributed by atoms with van der Waals surface area (Å²) in [6.07, 6.45) is 0.572. The van der Waals surface area contributed by atoms with Crippen LogP contribution in [0.3, 0.4) is 0 Å². The molecule has 12 nitrogen and oxygen atoms in total. The van der Waals surface area contributed by atoms with E-state index in [1.54, 1.807) is 0 Å². The number of hydrogen-bond donors (Lipinski definition) is 7. The molecule has 0 fully saturated rings. The number of aliphatic hydroxyl groups is 3. The number of ketones is 2. The maximum Gasteiger partial charge on any atom is 0.255 e. The number of rotatable bonds is 7. The zero-order valence-corrected chi connectivity index (χ0v) is 21.7. The van der Waals surface area contributed by atoms with Crippen LogP contribution in [0.2, 0.25) is 0 Å². The highest BCUT2D eigenvalue weighted by atomic mass is 19.1. The average molecular weight is 547 g/mol. The molecule has 4 rings (SSSR count). The number of likely N-dealkylation sites (N-methyl/N-ethyl adjacent to an activating group) is 1. The first-order chi connectivity index (χ1) is 18.3. The summed E-state index contributed by atoms with van der Waals surface area (Å²) in [6.45, 7) is 2.25. The average Bonchev–Trinajstić information content (AvgIpc) is 2.83. The lowest BCUT2D eigenvalue weighted by atomic mass is 9.58. The van der Waals surface area contributed by atoms with Gasteiger partial charge in [0.2, 0.25) is 11.7 Å². The van der Waals surface area contributed by atoms with Crippen molar-refractivity contribution in [2.24, 2.45) is 17.6 Å². The normalized spacial score (nSPS) is 26.4. The molecular formula is C26H31FN4O8. The van der Waals surface area contributed by atoms with Crippen LogP contribution in [-0.4, -0.2) is 87.5 Å². The van der Waals surface area contributed by atoms with Gasteiger partial charge in [0.25, 0.3) is 5.91 Å². The molecule has 0 aliphatic heterocycles. The van der Waals surface area contributed by atoms with Crippen LogP contribution in [-0.2, 0) is 20.8 Å². The molecule has 1 aromatic rings. The van der Waals surface area contributed by atoms with Gasteiger partial charge in [-0.05, 0) is 57.5 Å². The molecule has 0 spiro atoms. The van der Waals surface area contributed by atoms with Gasteiger partial charge in [0.05, 0.1) is 18.2 Å². The number of amides is 2. The molecule has 13 heteroatoms. The Hall–Kier alpha value is -3.81. The van der Waals surface area contributed by atoms with Crippen molar-refractivity contribution < 1.29 is 44.0 Å². The fourth-order valence-corrected chi connectivity index (χ4v) is 5.95. The number of primary amides is 1. The molecule has 0 bridgehead atoms. The van der Waals surface area contributed by atoms with Gasteiger partial charge in [-0.15, -0.1) is 0 Å². The third-order valence-electron chi connectivity index (χ3n) is 7.64. The minimum atomic E-state index is -2.78. The number of halogens is 1. The Labute approximate surface area is 223 Å². The Morgan fingerprint density at radius 2 is 1.90 bits per heavy atom. The van der Waals surface area contributed by atoms with E-state index in [4.69, 9.17) is 5.73 Å². The van der Waals surface area contributed by atoms with Gasteiger partial charge < -0.3 is 36.8 Å². The van der Waals surface area contributed by atoms with Crippen molar-refractivity contribution in [2.75, 3.05) is 32.5 Å². The number of anilines is 1. The van der Waals surface area contributed by atoms with E-state index in [2.05, 4.69) is 10.6 Å². The van der Waals surface area contributed by atoms with E-state index in [-0.39, 0.29) is 30.5 Å². The summed E-state index contributed by atoms with van der Waals surface area (Å²) < 4.78 is 15.0. The molecule has 2 unspecified atom stereocenters. The number of phenolic OH excluding ortho intramolecular Hbond substituents is 1. The fraction of sp³-hybridized carbons (Fsp3) is 0.462. The number of nitrogens with zero attached hydrogens (tertiary/aromatic N) is 1. The molecule has 2 amide bonds. The molecule has 39 heavy (non-hydrogen) atoms. The minimum Gasteiger partial charge on any atom is -0.510 e. The summed E-state index contributed by atoms with van der Waals surface area (Å²) in [6, 6.07) is -0.117. The van der Waals surface area contributed by atoms with Crippen LogP contribution in [0.15, 0.2) is 28.7 Å². The molecule has 0 saturated heterocycles. The number of aromatic hydroxyl groups is 1. The third kappa shape index (κ3) is 4.26. The van der Waals surface area contributed by atoms with Crippen LogP contribution in [0.4, 0.5) is 10.1 Å². The van der Waals surface area contributed by atoms with Gasteiger partial charge in [0.15, 0.2) is 23.0 Å². The predicted octanol–water partition coefficient (Wildman–Crippen LogP) is 0.198. The molecule has 0 radical (unpaired) electrons. The summed E-state index contributed by atoms with van der Waals surface area (Å²) in [7, 11) is 3.04. The Kier molecular flexibility index (Phi) is 7.27. The highest BCUT2D eigenvalue weighted by Gasteiger charge is 2.63. The second-order valence-corrected chi connectivity index (χ2v) is 10.3. The molecule has 3 aliphatic rings. The molecule has 4 atom stereocenters. The SMILES string of the molecule is CCCNCC(=O)Nc1c(F)cc2c(c1O)C(=O)C1=C(O)[C@]3(O)C(=O)C(C(N)=O)=C(O)[C@@H](N(C)C)C3CC1C2. The molecule has 8 N–H and O–H groups in total. The number of hydrogen-bond acceptors (Lipinski definition) is 10. The second-order valence-electron chi connectivity index (χ2n) is 10.3. The predicted molar refractivity (Wildman–Crippen MR) is 135 cm³/mol. The number of aliphatic hydroxyl groups excluding tert-OH is 2. The highest BCUT2D eigenvalue weighted by molar-refractivity contribution is 6.25. The molecule has 1 aromatic carbocycles. The first-order valence-corrected chi connectivity index (χ1v) is 12.5. The van der Waals surface area contributed by atoms with Crippen molar-refractivity contribution in [1.82, 2.24) is 10.2 Å². The Bertz CT molecular complexity index is 1350. The monoisotopic (exact) mass is 546 g/mol. The van der Waals surface area contributed by atoms with Gasteiger partial charge in [0.1, 0.15) is 22.8 Å². The van der Waals surface area contributed by atoms with Crippen molar-refractivity contribution in [3.05, 3.63) is 45.7 Å². The Morgan fingerprint density at radius 3 is 2.49 bits per heavy atom. The van der Waals surface area contributed by atoms with E-state index >= 15 is 0 Å². The van der Waals surface area contributed by atoms with Crippen LogP contribution < -0.4 is 16.4 Å². The summed E-state index contributed by atoms with van der Waals surface area (Å²) in [5, 5.41) is 49.5. The van der Waals surface area contributed by atoms with E-state index < -0.39 is 86.8 Å². The first kappa shape index (κ1) is 28.2. The Balaban J connectivity index is 1.82. The van der Waals surface area contributed by atoms with Crippen LogP contribution >= 0.6 is 0 Å². The lowest BCUT2D eigenvalue weighted by Gasteiger charge is -2.50. The molecular weight excluding hydrogens is 515 g/mol. The van der Waals surface area contributed by atoms with Crippen LogP contribution in [0.1, 0.15) is 35.7 Å². The summed E-state index contributed by atoms with van der Waals surface area (Å²) in [5.41, 5.74) is 0.334. The van der Waals surface area contributed by atoms with Gasteiger partial charge in [-0.3, -0.25) is 24.1 Å². The number of allylic oxidation sites excluding steroid dienone is 1. The smallest absolute Gasteiger partial charge is 0.255 e. The van der Waals surface area contributed by atoms with Crippen molar-refractivity contribution >= 4 is 29.1 Å². The molecule has 210 valence electrons. The van der Waals surface area contributed by atoms with E-state index in [0.717, 1.165) is 12.5 Å². The topological polar surface area (TPSA) is 203 Å². The number of carbonyl (C=O) groups excluding carboxylic acids is 4. The van der Waals surface area contributed by atoms with Crippen molar-refractivity contribution in [1.29, 1.82) is 0 Å². The molecule has 0 heterocycles. The largest absolute Gasteiger partial charge is 0.510 e. The summed E-state index contributed by atoms with van der Waals surface area (Å²) >= 11 is 0. The number of nitrogens with one attached hydrogen (secondary N) is 2. The quantitative estimate of drug-likeness (QED) is 0.141. The maximum atomic E-state index is 15.0. The second kappa shape index (κ2) is 10.1. The Morgan fingerprint density at radius 1 is 1.23 bits per heavy atom. The minimum absolute atomic E-state index is 0.0642. The number of benzene rings is 1.